The Hall–Kier alpha value is -4.71. The number of hydrogen-bond acceptors (Lipinski definition) is 4. The van der Waals surface area contributed by atoms with Crippen LogP contribution in [0.3, 0.4) is 0 Å². The average molecular weight is 474 g/mol. The second kappa shape index (κ2) is 9.65. The van der Waals surface area contributed by atoms with Crippen LogP contribution in [0.15, 0.2) is 77.4 Å². The maximum Gasteiger partial charge on any atom is 0.278 e. The van der Waals surface area contributed by atoms with E-state index in [9.17, 15) is 22.8 Å². The molecule has 0 saturated carbocycles. The number of carbonyl (C=O) groups excluding carboxylic acids is 2. The Kier molecular flexibility index (Phi) is 6.46. The minimum absolute atomic E-state index is 0.0616. The number of halogens is 3. The third kappa shape index (κ3) is 4.96. The molecule has 0 spiro atoms. The zero-order valence-corrected chi connectivity index (χ0v) is 18.3. The molecule has 1 atom stereocenters. The van der Waals surface area contributed by atoms with Gasteiger partial charge in [-0.05, 0) is 73.7 Å². The van der Waals surface area contributed by atoms with E-state index in [4.69, 9.17) is 5.26 Å². The highest BCUT2D eigenvalue weighted by atomic mass is 19.1. The molecular formula is C26H17F3N4O2. The van der Waals surface area contributed by atoms with Crippen molar-refractivity contribution in [2.24, 2.45) is 4.99 Å². The molecule has 4 rings (SSSR count). The molecule has 0 aromatic heterocycles. The second-order valence-corrected chi connectivity index (χ2v) is 7.67. The lowest BCUT2D eigenvalue weighted by atomic mass is 10.1. The van der Waals surface area contributed by atoms with Gasteiger partial charge in [-0.2, -0.15) is 5.26 Å². The lowest BCUT2D eigenvalue weighted by Gasteiger charge is -2.25. The molecule has 1 N–H and O–H groups in total. The molecule has 6 nitrogen and oxygen atoms in total. The number of amidine groups is 1. The molecule has 35 heavy (non-hydrogen) atoms. The Labute approximate surface area is 198 Å². The molecule has 2 amide bonds. The van der Waals surface area contributed by atoms with Crippen LogP contribution in [-0.4, -0.2) is 28.6 Å². The van der Waals surface area contributed by atoms with E-state index in [0.29, 0.717) is 22.9 Å². The van der Waals surface area contributed by atoms with Crippen LogP contribution < -0.4 is 5.32 Å². The molecule has 1 unspecified atom stereocenters. The summed E-state index contributed by atoms with van der Waals surface area (Å²) in [4.78, 5) is 31.7. The van der Waals surface area contributed by atoms with Crippen LogP contribution in [-0.2, 0) is 9.59 Å². The van der Waals surface area contributed by atoms with Crippen molar-refractivity contribution in [2.75, 3.05) is 5.32 Å². The van der Waals surface area contributed by atoms with E-state index in [1.807, 2.05) is 6.07 Å². The number of nitriles is 1. The monoisotopic (exact) mass is 474 g/mol. The molecule has 174 valence electrons. The number of nitrogens with one attached hydrogen (secondary N) is 1. The number of amides is 2. The summed E-state index contributed by atoms with van der Waals surface area (Å²) in [5.41, 5.74) is 0.957. The SMILES string of the molecule is CC(C(=O)Nc1ccc(C#N)cc1)N1C(=O)/C(=C/c2ccc(F)cc2F)N=C1c1ccc(F)cc1. The van der Waals surface area contributed by atoms with E-state index >= 15 is 0 Å². The van der Waals surface area contributed by atoms with Crippen molar-refractivity contribution >= 4 is 29.4 Å². The van der Waals surface area contributed by atoms with Crippen molar-refractivity contribution in [3.05, 3.63) is 107 Å². The van der Waals surface area contributed by atoms with Crippen LogP contribution in [0.25, 0.3) is 6.08 Å². The number of benzene rings is 3. The topological polar surface area (TPSA) is 85.6 Å². The molecule has 3 aromatic rings. The predicted octanol–water partition coefficient (Wildman–Crippen LogP) is 4.63. The van der Waals surface area contributed by atoms with Gasteiger partial charge in [0.2, 0.25) is 5.91 Å². The molecule has 1 heterocycles. The van der Waals surface area contributed by atoms with E-state index in [0.717, 1.165) is 17.0 Å². The standard InChI is InChI=1S/C26H17F3N4O2/c1-15(25(34)31-21-10-2-16(14-30)3-11-21)33-24(17-4-7-19(27)8-5-17)32-23(26(33)35)12-18-6-9-20(28)13-22(18)29/h2-13,15H,1H3,(H,31,34)/b23-12-. The molecule has 9 heteroatoms. The zero-order valence-electron chi connectivity index (χ0n) is 18.3. The van der Waals surface area contributed by atoms with Crippen LogP contribution in [0.1, 0.15) is 23.6 Å². The first kappa shape index (κ1) is 23.4. The van der Waals surface area contributed by atoms with Crippen LogP contribution >= 0.6 is 0 Å². The summed E-state index contributed by atoms with van der Waals surface area (Å²) in [6, 6.07) is 15.1. The highest BCUT2D eigenvalue weighted by Gasteiger charge is 2.37. The quantitative estimate of drug-likeness (QED) is 0.547. The van der Waals surface area contributed by atoms with Gasteiger partial charge in [-0.25, -0.2) is 18.2 Å². The normalized spacial score (nSPS) is 15.1. The fourth-order valence-electron chi connectivity index (χ4n) is 3.45. The first-order valence-electron chi connectivity index (χ1n) is 10.4. The molecule has 0 aliphatic carbocycles. The van der Waals surface area contributed by atoms with Gasteiger partial charge in [0, 0.05) is 22.9 Å². The summed E-state index contributed by atoms with van der Waals surface area (Å²) in [7, 11) is 0. The molecular weight excluding hydrogens is 457 g/mol. The highest BCUT2D eigenvalue weighted by molar-refractivity contribution is 6.21. The predicted molar refractivity (Wildman–Crippen MR) is 123 cm³/mol. The highest BCUT2D eigenvalue weighted by Crippen LogP contribution is 2.26. The van der Waals surface area contributed by atoms with Gasteiger partial charge in [0.25, 0.3) is 5.91 Å². The van der Waals surface area contributed by atoms with E-state index in [-0.39, 0.29) is 17.1 Å². The second-order valence-electron chi connectivity index (χ2n) is 7.67. The summed E-state index contributed by atoms with van der Waals surface area (Å²) in [5.74, 6) is -3.31. The summed E-state index contributed by atoms with van der Waals surface area (Å²) in [6.45, 7) is 1.48. The Balaban J connectivity index is 1.69. The van der Waals surface area contributed by atoms with Gasteiger partial charge in [-0.15, -0.1) is 0 Å². The van der Waals surface area contributed by atoms with Gasteiger partial charge < -0.3 is 5.32 Å². The van der Waals surface area contributed by atoms with E-state index < -0.39 is 35.3 Å². The minimum Gasteiger partial charge on any atom is -0.324 e. The van der Waals surface area contributed by atoms with Crippen molar-refractivity contribution in [1.82, 2.24) is 4.90 Å². The summed E-state index contributed by atoms with van der Waals surface area (Å²) in [6.07, 6.45) is 1.16. The molecule has 0 saturated heterocycles. The maximum absolute atomic E-state index is 14.2. The van der Waals surface area contributed by atoms with Gasteiger partial charge in [0.1, 0.15) is 35.0 Å². The third-order valence-corrected chi connectivity index (χ3v) is 5.30. The number of carbonyl (C=O) groups is 2. The molecule has 3 aromatic carbocycles. The lowest BCUT2D eigenvalue weighted by Crippen LogP contribution is -2.46. The number of rotatable bonds is 5. The van der Waals surface area contributed by atoms with E-state index in [2.05, 4.69) is 10.3 Å². The fraction of sp³-hybridized carbons (Fsp3) is 0.0769. The first-order chi connectivity index (χ1) is 16.8. The van der Waals surface area contributed by atoms with Crippen LogP contribution in [0.4, 0.5) is 18.9 Å². The Morgan fingerprint density at radius 3 is 2.31 bits per heavy atom. The number of anilines is 1. The summed E-state index contributed by atoms with van der Waals surface area (Å²) < 4.78 is 41.0. The number of hydrogen-bond donors (Lipinski definition) is 1. The van der Waals surface area contributed by atoms with Crippen LogP contribution in [0.5, 0.6) is 0 Å². The Morgan fingerprint density at radius 2 is 1.69 bits per heavy atom. The molecule has 1 aliphatic heterocycles. The lowest BCUT2D eigenvalue weighted by molar-refractivity contribution is -0.129. The molecule has 0 bridgehead atoms. The van der Waals surface area contributed by atoms with Crippen molar-refractivity contribution in [1.29, 1.82) is 5.26 Å². The van der Waals surface area contributed by atoms with E-state index in [1.54, 1.807) is 12.1 Å². The fourth-order valence-corrected chi connectivity index (χ4v) is 3.45. The third-order valence-electron chi connectivity index (χ3n) is 5.30. The smallest absolute Gasteiger partial charge is 0.278 e. The van der Waals surface area contributed by atoms with Gasteiger partial charge in [-0.3, -0.25) is 14.5 Å². The Morgan fingerprint density at radius 1 is 1.03 bits per heavy atom. The van der Waals surface area contributed by atoms with Crippen molar-refractivity contribution in [3.8, 4) is 6.07 Å². The molecule has 1 aliphatic rings. The first-order valence-corrected chi connectivity index (χ1v) is 10.4. The van der Waals surface area contributed by atoms with Crippen molar-refractivity contribution < 1.29 is 22.8 Å². The largest absolute Gasteiger partial charge is 0.324 e. The van der Waals surface area contributed by atoms with Gasteiger partial charge in [0.15, 0.2) is 0 Å². The minimum atomic E-state index is -1.06. The summed E-state index contributed by atoms with van der Waals surface area (Å²) in [5, 5.41) is 11.6. The van der Waals surface area contributed by atoms with Crippen LogP contribution in [0.2, 0.25) is 0 Å². The van der Waals surface area contributed by atoms with E-state index in [1.165, 1.54) is 49.4 Å². The van der Waals surface area contributed by atoms with Crippen molar-refractivity contribution in [3.63, 3.8) is 0 Å². The van der Waals surface area contributed by atoms with Crippen molar-refractivity contribution in [2.45, 2.75) is 13.0 Å². The summed E-state index contributed by atoms with van der Waals surface area (Å²) >= 11 is 0. The molecule has 0 fully saturated rings. The Bertz CT molecular complexity index is 1410. The van der Waals surface area contributed by atoms with Gasteiger partial charge in [0.05, 0.1) is 11.6 Å². The number of aliphatic imine (C=N–C) groups is 1. The number of nitrogens with zero attached hydrogens (tertiary/aromatic N) is 3. The van der Waals surface area contributed by atoms with Crippen LogP contribution in [0, 0.1) is 28.8 Å². The maximum atomic E-state index is 14.2. The van der Waals surface area contributed by atoms with Gasteiger partial charge in [-0.1, -0.05) is 0 Å². The molecule has 0 radical (unpaired) electrons. The zero-order chi connectivity index (χ0) is 25.1. The average Bonchev–Trinajstić information content (AvgIpc) is 3.17. The van der Waals surface area contributed by atoms with Gasteiger partial charge >= 0.3 is 0 Å².